The Hall–Kier alpha value is -2.29. The molecule has 1 N–H and O–H groups in total. The van der Waals surface area contributed by atoms with Gasteiger partial charge in [0, 0.05) is 25.3 Å². The van der Waals surface area contributed by atoms with Crippen molar-refractivity contribution in [3.8, 4) is 0 Å². The minimum atomic E-state index is 0.149. The average Bonchev–Trinajstić information content (AvgIpc) is 3.30. The average molecular weight is 334 g/mol. The zero-order chi connectivity index (χ0) is 17.1. The third-order valence-electron chi connectivity index (χ3n) is 5.52. The Kier molecular flexibility index (Phi) is 4.73. The zero-order valence-electron chi connectivity index (χ0n) is 14.7. The Bertz CT molecular complexity index is 741. The highest BCUT2D eigenvalue weighted by Gasteiger charge is 2.23. The van der Waals surface area contributed by atoms with Gasteiger partial charge in [-0.05, 0) is 60.4 Å². The van der Waals surface area contributed by atoms with Crippen molar-refractivity contribution < 1.29 is 4.79 Å². The lowest BCUT2D eigenvalue weighted by atomic mass is 10.0. The van der Waals surface area contributed by atoms with Crippen LogP contribution >= 0.6 is 0 Å². The number of benzene rings is 2. The van der Waals surface area contributed by atoms with E-state index in [2.05, 4.69) is 58.7 Å². The van der Waals surface area contributed by atoms with Crippen LogP contribution in [0.2, 0.25) is 0 Å². The SMILES string of the molecule is O=C(Cc1ccc2c(c1)CCC2)NC[C@@H]1CCN(c2ccccc2)C1. The predicted molar refractivity (Wildman–Crippen MR) is 102 cm³/mol. The van der Waals surface area contributed by atoms with E-state index in [4.69, 9.17) is 0 Å². The summed E-state index contributed by atoms with van der Waals surface area (Å²) in [6.45, 7) is 2.89. The summed E-state index contributed by atoms with van der Waals surface area (Å²) >= 11 is 0. The molecule has 3 heteroatoms. The number of carbonyl (C=O) groups excluding carboxylic acids is 1. The van der Waals surface area contributed by atoms with Crippen molar-refractivity contribution in [3.63, 3.8) is 0 Å². The van der Waals surface area contributed by atoms with E-state index in [1.54, 1.807) is 0 Å². The lowest BCUT2D eigenvalue weighted by molar-refractivity contribution is -0.120. The van der Waals surface area contributed by atoms with Gasteiger partial charge in [0.2, 0.25) is 5.91 Å². The van der Waals surface area contributed by atoms with Crippen molar-refractivity contribution in [2.75, 3.05) is 24.5 Å². The predicted octanol–water partition coefficient (Wildman–Crippen LogP) is 3.36. The summed E-state index contributed by atoms with van der Waals surface area (Å²) in [5, 5.41) is 3.15. The quantitative estimate of drug-likeness (QED) is 0.909. The van der Waals surface area contributed by atoms with Crippen molar-refractivity contribution in [1.82, 2.24) is 5.32 Å². The van der Waals surface area contributed by atoms with Crippen LogP contribution in [0.4, 0.5) is 5.69 Å². The van der Waals surface area contributed by atoms with E-state index >= 15 is 0 Å². The Morgan fingerprint density at radius 2 is 1.92 bits per heavy atom. The smallest absolute Gasteiger partial charge is 0.224 e. The molecule has 0 bridgehead atoms. The third-order valence-corrected chi connectivity index (χ3v) is 5.52. The van der Waals surface area contributed by atoms with Crippen LogP contribution in [0, 0.1) is 5.92 Å². The van der Waals surface area contributed by atoms with E-state index < -0.39 is 0 Å². The number of nitrogens with one attached hydrogen (secondary N) is 1. The summed E-state index contributed by atoms with van der Waals surface area (Å²) in [6, 6.07) is 17.1. The lowest BCUT2D eigenvalue weighted by Crippen LogP contribution is -2.32. The first-order valence-corrected chi connectivity index (χ1v) is 9.45. The van der Waals surface area contributed by atoms with Crippen molar-refractivity contribution in [1.29, 1.82) is 0 Å². The molecule has 130 valence electrons. The molecular formula is C22H26N2O. The van der Waals surface area contributed by atoms with Gasteiger partial charge in [0.1, 0.15) is 0 Å². The Balaban J connectivity index is 1.25. The standard InChI is InChI=1S/C22H26N2O/c25-22(14-17-9-10-19-5-4-6-20(19)13-17)23-15-18-11-12-24(16-18)21-7-2-1-3-8-21/h1-3,7-10,13,18H,4-6,11-12,14-16H2,(H,23,25)/t18-/m0/s1. The Labute approximate surface area is 150 Å². The fourth-order valence-electron chi connectivity index (χ4n) is 4.11. The van der Waals surface area contributed by atoms with Gasteiger partial charge in [0.25, 0.3) is 0 Å². The number of hydrogen-bond acceptors (Lipinski definition) is 2. The van der Waals surface area contributed by atoms with Crippen LogP contribution in [-0.2, 0) is 24.1 Å². The van der Waals surface area contributed by atoms with Crippen LogP contribution in [0.15, 0.2) is 48.5 Å². The maximum atomic E-state index is 12.3. The van der Waals surface area contributed by atoms with Crippen LogP contribution in [0.25, 0.3) is 0 Å². The molecule has 1 heterocycles. The summed E-state index contributed by atoms with van der Waals surface area (Å²) in [7, 11) is 0. The summed E-state index contributed by atoms with van der Waals surface area (Å²) in [4.78, 5) is 14.7. The van der Waals surface area contributed by atoms with Crippen LogP contribution < -0.4 is 10.2 Å². The highest BCUT2D eigenvalue weighted by atomic mass is 16.1. The molecule has 1 atom stereocenters. The van der Waals surface area contributed by atoms with E-state index in [0.717, 1.165) is 31.6 Å². The first-order chi connectivity index (χ1) is 12.3. The molecule has 1 fully saturated rings. The van der Waals surface area contributed by atoms with Gasteiger partial charge in [-0.25, -0.2) is 0 Å². The van der Waals surface area contributed by atoms with Gasteiger partial charge < -0.3 is 10.2 Å². The molecule has 1 aliphatic heterocycles. The second-order valence-corrected chi connectivity index (χ2v) is 7.37. The van der Waals surface area contributed by atoms with E-state index in [-0.39, 0.29) is 5.91 Å². The molecule has 3 nitrogen and oxygen atoms in total. The number of nitrogens with zero attached hydrogens (tertiary/aromatic N) is 1. The molecule has 2 aromatic carbocycles. The fraction of sp³-hybridized carbons (Fsp3) is 0.409. The van der Waals surface area contributed by atoms with Crippen LogP contribution in [0.3, 0.4) is 0 Å². The van der Waals surface area contributed by atoms with E-state index in [9.17, 15) is 4.79 Å². The Morgan fingerprint density at radius 1 is 1.08 bits per heavy atom. The number of amides is 1. The summed E-state index contributed by atoms with van der Waals surface area (Å²) in [5.74, 6) is 0.695. The van der Waals surface area contributed by atoms with E-state index in [0.29, 0.717) is 12.3 Å². The number of para-hydroxylation sites is 1. The Morgan fingerprint density at radius 3 is 2.80 bits per heavy atom. The summed E-state index contributed by atoms with van der Waals surface area (Å²) < 4.78 is 0. The van der Waals surface area contributed by atoms with Gasteiger partial charge in [0.05, 0.1) is 6.42 Å². The molecule has 0 aromatic heterocycles. The minimum absolute atomic E-state index is 0.149. The molecule has 1 amide bonds. The maximum Gasteiger partial charge on any atom is 0.224 e. The molecular weight excluding hydrogens is 308 g/mol. The van der Waals surface area contributed by atoms with Gasteiger partial charge >= 0.3 is 0 Å². The van der Waals surface area contributed by atoms with Crippen molar-refractivity contribution in [2.24, 2.45) is 5.92 Å². The van der Waals surface area contributed by atoms with Gasteiger partial charge in [-0.15, -0.1) is 0 Å². The molecule has 0 unspecified atom stereocenters. The highest BCUT2D eigenvalue weighted by molar-refractivity contribution is 5.78. The fourth-order valence-corrected chi connectivity index (χ4v) is 4.11. The number of anilines is 1. The monoisotopic (exact) mass is 334 g/mol. The number of fused-ring (bicyclic) bond motifs is 1. The van der Waals surface area contributed by atoms with Crippen molar-refractivity contribution in [2.45, 2.75) is 32.1 Å². The molecule has 0 saturated carbocycles. The molecule has 4 rings (SSSR count). The maximum absolute atomic E-state index is 12.3. The number of rotatable bonds is 5. The van der Waals surface area contributed by atoms with Crippen LogP contribution in [0.5, 0.6) is 0 Å². The molecule has 2 aliphatic rings. The summed E-state index contributed by atoms with van der Waals surface area (Å²) in [6.07, 6.45) is 5.27. The summed E-state index contributed by atoms with van der Waals surface area (Å²) in [5.41, 5.74) is 5.35. The molecule has 25 heavy (non-hydrogen) atoms. The normalized spacial score (nSPS) is 19.0. The lowest BCUT2D eigenvalue weighted by Gasteiger charge is -2.18. The van der Waals surface area contributed by atoms with Crippen LogP contribution in [-0.4, -0.2) is 25.5 Å². The number of aryl methyl sites for hydroxylation is 2. The molecule has 1 aliphatic carbocycles. The molecule has 2 aromatic rings. The van der Waals surface area contributed by atoms with Gasteiger partial charge in [-0.3, -0.25) is 4.79 Å². The second kappa shape index (κ2) is 7.30. The largest absolute Gasteiger partial charge is 0.371 e. The third kappa shape index (κ3) is 3.87. The number of hydrogen-bond donors (Lipinski definition) is 1. The first kappa shape index (κ1) is 16.2. The van der Waals surface area contributed by atoms with Gasteiger partial charge in [-0.1, -0.05) is 36.4 Å². The van der Waals surface area contributed by atoms with Crippen LogP contribution in [0.1, 0.15) is 29.5 Å². The van der Waals surface area contributed by atoms with E-state index in [1.165, 1.54) is 36.1 Å². The van der Waals surface area contributed by atoms with Crippen molar-refractivity contribution in [3.05, 3.63) is 65.2 Å². The van der Waals surface area contributed by atoms with Gasteiger partial charge in [-0.2, -0.15) is 0 Å². The first-order valence-electron chi connectivity index (χ1n) is 9.45. The minimum Gasteiger partial charge on any atom is -0.371 e. The molecule has 0 radical (unpaired) electrons. The topological polar surface area (TPSA) is 32.3 Å². The van der Waals surface area contributed by atoms with Gasteiger partial charge in [0.15, 0.2) is 0 Å². The number of carbonyl (C=O) groups is 1. The second-order valence-electron chi connectivity index (χ2n) is 7.37. The molecule has 1 saturated heterocycles. The van der Waals surface area contributed by atoms with Crippen molar-refractivity contribution >= 4 is 11.6 Å². The highest BCUT2D eigenvalue weighted by Crippen LogP contribution is 2.24. The van der Waals surface area contributed by atoms with E-state index in [1.807, 2.05) is 0 Å². The molecule has 0 spiro atoms. The zero-order valence-corrected chi connectivity index (χ0v) is 14.7.